The summed E-state index contributed by atoms with van der Waals surface area (Å²) in [6.07, 6.45) is 3.15. The monoisotopic (exact) mass is 986 g/mol. The molecule has 0 aliphatic carbocycles. The van der Waals surface area contributed by atoms with E-state index in [2.05, 4.69) is 63.1 Å². The molecule has 0 radical (unpaired) electrons. The van der Waals surface area contributed by atoms with E-state index >= 15 is 0 Å². The van der Waals surface area contributed by atoms with Crippen molar-refractivity contribution in [1.29, 1.82) is 0 Å². The largest absolute Gasteiger partial charge is 0.488 e. The maximum atomic E-state index is 14.0. The van der Waals surface area contributed by atoms with Crippen LogP contribution in [0.15, 0.2) is 97.6 Å². The molecule has 0 bridgehead atoms. The Bertz CT molecular complexity index is 2610. The van der Waals surface area contributed by atoms with Crippen molar-refractivity contribution < 1.29 is 27.6 Å². The van der Waals surface area contributed by atoms with Crippen LogP contribution in [0.2, 0.25) is 0 Å². The van der Waals surface area contributed by atoms with Crippen LogP contribution in [-0.4, -0.2) is 56.2 Å². The Morgan fingerprint density at radius 1 is 0.607 bits per heavy atom. The van der Waals surface area contributed by atoms with Crippen molar-refractivity contribution in [1.82, 2.24) is 39.0 Å². The third kappa shape index (κ3) is 9.40. The molecule has 0 spiro atoms. The van der Waals surface area contributed by atoms with E-state index in [1.807, 2.05) is 65.9 Å². The fourth-order valence-electron chi connectivity index (χ4n) is 5.10. The Balaban J connectivity index is 0.000000156. The summed E-state index contributed by atoms with van der Waals surface area (Å²) in [5, 5.41) is 22.7. The van der Waals surface area contributed by atoms with Gasteiger partial charge in [-0.15, -0.1) is 0 Å². The number of benzene rings is 4. The second kappa shape index (κ2) is 17.7. The van der Waals surface area contributed by atoms with E-state index in [0.717, 1.165) is 14.7 Å². The Hall–Kier alpha value is -5.26. The van der Waals surface area contributed by atoms with Gasteiger partial charge in [-0.25, -0.2) is 47.5 Å². The smallest absolute Gasteiger partial charge is 0.423 e. The highest BCUT2D eigenvalue weighted by Gasteiger charge is 2.18. The van der Waals surface area contributed by atoms with Crippen LogP contribution in [-0.2, 0) is 14.1 Å². The number of imidazole rings is 2. The van der Waals surface area contributed by atoms with Gasteiger partial charge in [-0.1, -0.05) is 54.1 Å². The summed E-state index contributed by atoms with van der Waals surface area (Å²) in [6, 6.07) is 22.1. The van der Waals surface area contributed by atoms with E-state index in [0.29, 0.717) is 37.4 Å². The summed E-state index contributed by atoms with van der Waals surface area (Å²) in [6.45, 7) is 1.95. The number of rotatable bonds is 6. The molecule has 0 atom stereocenters. The molecule has 8 aromatic rings. The van der Waals surface area contributed by atoms with Gasteiger partial charge in [-0.2, -0.15) is 0 Å². The van der Waals surface area contributed by atoms with Gasteiger partial charge in [-0.3, -0.25) is 0 Å². The summed E-state index contributed by atoms with van der Waals surface area (Å²) >= 11 is 4.15. The molecular formula is C37H29BF4I2N10O2. The highest BCUT2D eigenvalue weighted by atomic mass is 127. The fourth-order valence-corrected chi connectivity index (χ4v) is 5.93. The molecule has 4 aromatic heterocycles. The van der Waals surface area contributed by atoms with Crippen molar-refractivity contribution in [2.75, 3.05) is 10.6 Å². The molecule has 0 aliphatic rings. The Kier molecular flexibility index (Phi) is 12.8. The second-order valence-corrected chi connectivity index (χ2v) is 14.2. The fraction of sp³-hybridized carbons (Fsp3) is 0.0811. The predicted octanol–water partition coefficient (Wildman–Crippen LogP) is 7.32. The average molecular weight is 986 g/mol. The highest BCUT2D eigenvalue weighted by Crippen LogP contribution is 2.29. The molecule has 8 rings (SSSR count). The van der Waals surface area contributed by atoms with Crippen LogP contribution >= 0.6 is 45.2 Å². The number of nitrogens with one attached hydrogen (secondary N) is 2. The molecule has 0 aliphatic heterocycles. The lowest BCUT2D eigenvalue weighted by atomic mass is 9.80. The quantitative estimate of drug-likeness (QED) is 0.0578. The van der Waals surface area contributed by atoms with E-state index in [-0.39, 0.29) is 23.0 Å². The molecule has 284 valence electrons. The molecule has 56 heavy (non-hydrogen) atoms. The first-order valence-corrected chi connectivity index (χ1v) is 18.6. The third-order valence-corrected chi connectivity index (χ3v) is 9.18. The van der Waals surface area contributed by atoms with Crippen LogP contribution in [0.3, 0.4) is 0 Å². The second-order valence-electron chi connectivity index (χ2n) is 12.0. The number of aryl methyl sites for hydroxylation is 3. The number of hydrogen-bond donors (Lipinski definition) is 4. The first-order chi connectivity index (χ1) is 26.8. The van der Waals surface area contributed by atoms with E-state index in [1.165, 1.54) is 36.4 Å². The molecule has 19 heteroatoms. The van der Waals surface area contributed by atoms with Gasteiger partial charge in [0.05, 0.1) is 12.7 Å². The molecule has 0 unspecified atom stereocenters. The Labute approximate surface area is 344 Å². The minimum absolute atomic E-state index is 0.244. The van der Waals surface area contributed by atoms with Gasteiger partial charge < -0.3 is 29.8 Å². The van der Waals surface area contributed by atoms with E-state index in [9.17, 15) is 17.6 Å². The van der Waals surface area contributed by atoms with Crippen LogP contribution in [0.25, 0.3) is 33.7 Å². The van der Waals surface area contributed by atoms with Crippen molar-refractivity contribution >= 4 is 103 Å². The van der Waals surface area contributed by atoms with Crippen LogP contribution in [0.4, 0.5) is 40.6 Å². The van der Waals surface area contributed by atoms with Crippen molar-refractivity contribution in [3.63, 3.8) is 0 Å². The summed E-state index contributed by atoms with van der Waals surface area (Å²) in [5.74, 6) is -1.84. The number of nitrogens with zero attached hydrogens (tertiary/aromatic N) is 8. The predicted molar refractivity (Wildman–Crippen MR) is 224 cm³/mol. The SMILES string of the molecule is Cc1ccc(B(O)O)cc1.Cn1cnc2c(Nc3c(F)cccc3F)nc(-c3ccc(I)cc3)nc21.Cn1cnc2c(Nc3c(F)cccc3F)nc(I)nc21. The van der Waals surface area contributed by atoms with Crippen molar-refractivity contribution in [2.24, 2.45) is 14.1 Å². The molecule has 4 N–H and O–H groups in total. The number of hydrogen-bond acceptors (Lipinski definition) is 10. The van der Waals surface area contributed by atoms with Gasteiger partial charge in [0, 0.05) is 45.8 Å². The highest BCUT2D eigenvalue weighted by molar-refractivity contribution is 14.1. The van der Waals surface area contributed by atoms with Gasteiger partial charge in [-0.05, 0) is 71.4 Å². The minimum atomic E-state index is -1.35. The lowest BCUT2D eigenvalue weighted by molar-refractivity contribution is 0.426. The van der Waals surface area contributed by atoms with Crippen molar-refractivity contribution in [3.05, 3.63) is 134 Å². The lowest BCUT2D eigenvalue weighted by Gasteiger charge is -2.10. The zero-order chi connectivity index (χ0) is 40.1. The van der Waals surface area contributed by atoms with Gasteiger partial charge in [0.2, 0.25) is 0 Å². The van der Waals surface area contributed by atoms with Gasteiger partial charge in [0.25, 0.3) is 0 Å². The average Bonchev–Trinajstić information content (AvgIpc) is 3.74. The van der Waals surface area contributed by atoms with Gasteiger partial charge >= 0.3 is 7.12 Å². The third-order valence-electron chi connectivity index (χ3n) is 7.98. The molecule has 0 saturated carbocycles. The topological polar surface area (TPSA) is 152 Å². The molecule has 4 aromatic carbocycles. The van der Waals surface area contributed by atoms with Crippen LogP contribution < -0.4 is 16.1 Å². The molecule has 4 heterocycles. The molecular weight excluding hydrogens is 957 g/mol. The number of halogens is 6. The number of fused-ring (bicyclic) bond motifs is 2. The Morgan fingerprint density at radius 2 is 1.07 bits per heavy atom. The van der Waals surface area contributed by atoms with Crippen LogP contribution in [0, 0.1) is 37.6 Å². The van der Waals surface area contributed by atoms with E-state index < -0.39 is 30.4 Å². The van der Waals surface area contributed by atoms with Crippen LogP contribution in [0.5, 0.6) is 0 Å². The summed E-state index contributed by atoms with van der Waals surface area (Å²) in [4.78, 5) is 25.8. The van der Waals surface area contributed by atoms with Crippen molar-refractivity contribution in [3.8, 4) is 11.4 Å². The van der Waals surface area contributed by atoms with Crippen molar-refractivity contribution in [2.45, 2.75) is 6.92 Å². The summed E-state index contributed by atoms with van der Waals surface area (Å²) < 4.78 is 60.4. The molecule has 0 amide bonds. The normalized spacial score (nSPS) is 10.8. The summed E-state index contributed by atoms with van der Waals surface area (Å²) in [5.41, 5.74) is 3.96. The number of para-hydroxylation sites is 2. The van der Waals surface area contributed by atoms with Gasteiger partial charge in [0.15, 0.2) is 43.6 Å². The summed E-state index contributed by atoms with van der Waals surface area (Å²) in [7, 11) is 2.24. The number of anilines is 4. The van der Waals surface area contributed by atoms with Crippen LogP contribution in [0.1, 0.15) is 5.56 Å². The minimum Gasteiger partial charge on any atom is -0.423 e. The standard InChI is InChI=1S/C18H12F2IN5.C12H8F2IN5.C7H9BO2/c1-26-9-22-15-17(23-14-12(19)3-2-4-13(14)20)24-16(25-18(15)26)10-5-7-11(21)8-6-10;1-20-5-16-9-10(18-12(15)19-11(9)20)17-8-6(13)3-2-4-7(8)14;1-6-2-4-7(5-3-6)8(9)10/h2-9H,1H3,(H,23,24,25);2-5H,1H3,(H,17,18,19);2-5,9-10H,1H3. The maximum Gasteiger partial charge on any atom is 0.488 e. The first kappa shape index (κ1) is 40.4. The van der Waals surface area contributed by atoms with E-state index in [4.69, 9.17) is 10.0 Å². The first-order valence-electron chi connectivity index (χ1n) is 16.4. The van der Waals surface area contributed by atoms with Gasteiger partial charge in [0.1, 0.15) is 34.6 Å². The molecule has 0 fully saturated rings. The molecule has 0 saturated heterocycles. The van der Waals surface area contributed by atoms with E-state index in [1.54, 1.807) is 48.0 Å². The molecule has 12 nitrogen and oxygen atoms in total. The zero-order valence-corrected chi connectivity index (χ0v) is 33.9. The zero-order valence-electron chi connectivity index (χ0n) is 29.6. The number of aromatic nitrogens is 8. The lowest BCUT2D eigenvalue weighted by Crippen LogP contribution is -2.29. The maximum absolute atomic E-state index is 14.0. The Morgan fingerprint density at radius 3 is 1.55 bits per heavy atom.